The Morgan fingerprint density at radius 2 is 2.03 bits per heavy atom. The Kier molecular flexibility index (Phi) is 6.73. The highest BCUT2D eigenvalue weighted by molar-refractivity contribution is 7.90. The van der Waals surface area contributed by atoms with Crippen LogP contribution in [0.1, 0.15) is 10.4 Å². The van der Waals surface area contributed by atoms with Crippen molar-refractivity contribution in [2.45, 2.75) is 11.4 Å². The van der Waals surface area contributed by atoms with Crippen LogP contribution < -0.4 is 5.73 Å². The predicted molar refractivity (Wildman–Crippen MR) is 109 cm³/mol. The summed E-state index contributed by atoms with van der Waals surface area (Å²) in [7, 11) is -3.46. The van der Waals surface area contributed by atoms with Crippen molar-refractivity contribution in [2.24, 2.45) is 5.73 Å². The molecule has 0 saturated heterocycles. The van der Waals surface area contributed by atoms with Gasteiger partial charge in [-0.05, 0) is 35.9 Å². The zero-order valence-corrected chi connectivity index (χ0v) is 16.9. The third kappa shape index (κ3) is 4.78. The molecule has 3 N–H and O–H groups in total. The number of nitrogens with zero attached hydrogens (tertiary/aromatic N) is 3. The molecule has 0 unspecified atom stereocenters. The maximum absolute atomic E-state index is 13.9. The minimum Gasteiger partial charge on any atom is -0.478 e. The molecule has 29 heavy (non-hydrogen) atoms. The molecule has 0 fully saturated rings. The van der Waals surface area contributed by atoms with Crippen molar-refractivity contribution in [3.05, 3.63) is 53.9 Å². The summed E-state index contributed by atoms with van der Waals surface area (Å²) in [5.41, 5.74) is 6.72. The maximum Gasteiger partial charge on any atom is 0.335 e. The minimum atomic E-state index is -3.46. The monoisotopic (exact) mass is 440 g/mol. The van der Waals surface area contributed by atoms with Crippen molar-refractivity contribution in [2.75, 3.05) is 12.8 Å². The van der Waals surface area contributed by atoms with Gasteiger partial charge in [0.15, 0.2) is 9.84 Å². The Balaban J connectivity index is 0.00000300. The Labute approximate surface area is 172 Å². The first kappa shape index (κ1) is 22.5. The third-order valence-electron chi connectivity index (χ3n) is 4.08. The van der Waals surface area contributed by atoms with Gasteiger partial charge < -0.3 is 10.8 Å². The van der Waals surface area contributed by atoms with E-state index in [-0.39, 0.29) is 36.0 Å². The number of aromatic carboxylic acids is 1. The first-order valence-electron chi connectivity index (χ1n) is 8.16. The van der Waals surface area contributed by atoms with Gasteiger partial charge in [0.05, 0.1) is 22.5 Å². The van der Waals surface area contributed by atoms with Gasteiger partial charge in [0.2, 0.25) is 0 Å². The van der Waals surface area contributed by atoms with Crippen LogP contribution in [0.3, 0.4) is 0 Å². The van der Waals surface area contributed by atoms with Crippen molar-refractivity contribution in [1.29, 1.82) is 0 Å². The zero-order valence-electron chi connectivity index (χ0n) is 15.2. The number of halogens is 2. The fourth-order valence-electron chi connectivity index (χ4n) is 2.76. The van der Waals surface area contributed by atoms with E-state index in [2.05, 4.69) is 10.3 Å². The van der Waals surface area contributed by atoms with Crippen molar-refractivity contribution in [3.63, 3.8) is 0 Å². The Morgan fingerprint density at radius 3 is 2.66 bits per heavy atom. The quantitative estimate of drug-likeness (QED) is 0.602. The Bertz CT molecular complexity index is 1210. The highest BCUT2D eigenvalue weighted by atomic mass is 35.5. The summed E-state index contributed by atoms with van der Waals surface area (Å²) < 4.78 is 38.8. The lowest BCUT2D eigenvalue weighted by molar-refractivity contribution is 0.0697. The maximum atomic E-state index is 13.9. The van der Waals surface area contributed by atoms with E-state index >= 15 is 0 Å². The van der Waals surface area contributed by atoms with Crippen molar-refractivity contribution in [1.82, 2.24) is 15.0 Å². The molecule has 0 aliphatic carbocycles. The second-order valence-electron chi connectivity index (χ2n) is 6.13. The van der Waals surface area contributed by atoms with E-state index in [9.17, 15) is 22.7 Å². The SMILES string of the molecule is CS(=O)(=O)c1cccc(-c2cc(C(=O)O)cc3c2nnn3C/C(F)=C/CN)c1.Cl. The first-order valence-corrected chi connectivity index (χ1v) is 10.1. The molecule has 3 rings (SSSR count). The van der Waals surface area contributed by atoms with Gasteiger partial charge in [-0.1, -0.05) is 17.3 Å². The molecule has 0 radical (unpaired) electrons. The lowest BCUT2D eigenvalue weighted by atomic mass is 10.0. The topological polar surface area (TPSA) is 128 Å². The molecule has 154 valence electrons. The van der Waals surface area contributed by atoms with Gasteiger partial charge in [-0.25, -0.2) is 22.3 Å². The second kappa shape index (κ2) is 8.68. The van der Waals surface area contributed by atoms with Gasteiger partial charge in [0.25, 0.3) is 0 Å². The van der Waals surface area contributed by atoms with Gasteiger partial charge in [-0.3, -0.25) is 0 Å². The van der Waals surface area contributed by atoms with Crippen molar-refractivity contribution >= 4 is 39.2 Å². The smallest absolute Gasteiger partial charge is 0.335 e. The number of sulfone groups is 1. The molecule has 0 spiro atoms. The summed E-state index contributed by atoms with van der Waals surface area (Å²) in [6, 6.07) is 8.81. The molecule has 1 heterocycles. The molecule has 11 heteroatoms. The average molecular weight is 441 g/mol. The highest BCUT2D eigenvalue weighted by Crippen LogP contribution is 2.30. The molecule has 2 aromatic carbocycles. The van der Waals surface area contributed by atoms with Crippen molar-refractivity contribution in [3.8, 4) is 11.1 Å². The van der Waals surface area contributed by atoms with Crippen LogP contribution in [0, 0.1) is 0 Å². The fraction of sp³-hybridized carbons (Fsp3) is 0.167. The fourth-order valence-corrected chi connectivity index (χ4v) is 3.42. The lowest BCUT2D eigenvalue weighted by Gasteiger charge is -2.08. The van der Waals surface area contributed by atoms with Gasteiger partial charge in [-0.2, -0.15) is 0 Å². The van der Waals surface area contributed by atoms with Crippen molar-refractivity contribution < 1.29 is 22.7 Å². The normalized spacial score (nSPS) is 12.0. The molecule has 3 aromatic rings. The molecule has 8 nitrogen and oxygen atoms in total. The summed E-state index contributed by atoms with van der Waals surface area (Å²) in [6.45, 7) is -0.234. The number of hydrogen-bond acceptors (Lipinski definition) is 6. The van der Waals surface area contributed by atoms with Crippen LogP contribution in [0.4, 0.5) is 4.39 Å². The lowest BCUT2D eigenvalue weighted by Crippen LogP contribution is -2.04. The molecule has 0 saturated carbocycles. The number of allylic oxidation sites excluding steroid dienone is 1. The molecule has 1 aromatic heterocycles. The van der Waals surface area contributed by atoms with Crippen LogP contribution in [-0.2, 0) is 16.4 Å². The van der Waals surface area contributed by atoms with E-state index in [0.29, 0.717) is 22.2 Å². The Morgan fingerprint density at radius 1 is 1.31 bits per heavy atom. The highest BCUT2D eigenvalue weighted by Gasteiger charge is 2.18. The number of carbonyl (C=O) groups is 1. The molecular weight excluding hydrogens is 423 g/mol. The standard InChI is InChI=1S/C18H17FN4O4S.ClH/c1-28(26,27)14-4-2-3-11(7-14)15-8-12(18(24)25)9-16-17(15)21-22-23(16)10-13(19)5-6-20;/h2-5,7-9H,6,10,20H2,1H3,(H,24,25);1H/b13-5-;. The number of fused-ring (bicyclic) bond motifs is 1. The van der Waals surface area contributed by atoms with Gasteiger partial charge >= 0.3 is 5.97 Å². The number of aromatic nitrogens is 3. The molecule has 0 aliphatic heterocycles. The van der Waals surface area contributed by atoms with Gasteiger partial charge in [0, 0.05) is 18.4 Å². The van der Waals surface area contributed by atoms with Crippen LogP contribution in [0.15, 0.2) is 53.2 Å². The zero-order chi connectivity index (χ0) is 20.5. The third-order valence-corrected chi connectivity index (χ3v) is 5.19. The van der Waals surface area contributed by atoms with Crippen LogP contribution >= 0.6 is 12.4 Å². The molecular formula is C18H18ClFN4O4S. The number of carboxylic acid groups (broad SMARTS) is 1. The van der Waals surface area contributed by atoms with E-state index in [0.717, 1.165) is 6.26 Å². The number of nitrogens with two attached hydrogens (primary N) is 1. The van der Waals surface area contributed by atoms with Gasteiger partial charge in [0.1, 0.15) is 11.3 Å². The van der Waals surface area contributed by atoms with Crippen LogP contribution in [0.5, 0.6) is 0 Å². The summed E-state index contributed by atoms with van der Waals surface area (Å²) in [5, 5.41) is 17.4. The van der Waals surface area contributed by atoms with Crippen LogP contribution in [-0.4, -0.2) is 47.3 Å². The number of carboxylic acids is 1. The number of rotatable bonds is 6. The largest absolute Gasteiger partial charge is 0.478 e. The van der Waals surface area contributed by atoms with E-state index in [1.165, 1.54) is 35.0 Å². The average Bonchev–Trinajstić information content (AvgIpc) is 3.03. The van der Waals surface area contributed by atoms with E-state index in [4.69, 9.17) is 5.73 Å². The van der Waals surface area contributed by atoms with E-state index in [1.807, 2.05) is 0 Å². The summed E-state index contributed by atoms with van der Waals surface area (Å²) in [6.07, 6.45) is 2.27. The summed E-state index contributed by atoms with van der Waals surface area (Å²) >= 11 is 0. The number of hydrogen-bond donors (Lipinski definition) is 2. The van der Waals surface area contributed by atoms with E-state index in [1.54, 1.807) is 12.1 Å². The van der Waals surface area contributed by atoms with Crippen LogP contribution in [0.25, 0.3) is 22.2 Å². The van der Waals surface area contributed by atoms with E-state index < -0.39 is 21.6 Å². The molecule has 0 atom stereocenters. The summed E-state index contributed by atoms with van der Waals surface area (Å²) in [5.74, 6) is -1.72. The van der Waals surface area contributed by atoms with Gasteiger partial charge in [-0.15, -0.1) is 17.5 Å². The summed E-state index contributed by atoms with van der Waals surface area (Å²) in [4.78, 5) is 11.7. The molecule has 0 aliphatic rings. The Hall–Kier alpha value is -2.82. The second-order valence-corrected chi connectivity index (χ2v) is 8.15. The molecule has 0 amide bonds. The molecule has 0 bridgehead atoms. The predicted octanol–water partition coefficient (Wildman–Crippen LogP) is 2.43. The minimum absolute atomic E-state index is 0. The van der Waals surface area contributed by atoms with Crippen LogP contribution in [0.2, 0.25) is 0 Å². The number of benzene rings is 2. The first-order chi connectivity index (χ1) is 13.2.